The van der Waals surface area contributed by atoms with Crippen LogP contribution in [0.4, 0.5) is 5.69 Å². The van der Waals surface area contributed by atoms with E-state index in [9.17, 15) is 14.4 Å². The molecule has 3 aromatic carbocycles. The first-order chi connectivity index (χ1) is 24.2. The second-order valence-corrected chi connectivity index (χ2v) is 13.7. The molecule has 0 saturated carbocycles. The lowest BCUT2D eigenvalue weighted by Crippen LogP contribution is -2.47. The zero-order valence-corrected chi connectivity index (χ0v) is 29.8. The molecule has 0 spiro atoms. The van der Waals surface area contributed by atoms with Crippen LogP contribution < -0.4 is 15.9 Å². The van der Waals surface area contributed by atoms with Gasteiger partial charge in [0.2, 0.25) is 0 Å². The van der Waals surface area contributed by atoms with Gasteiger partial charge in [0.15, 0.2) is 0 Å². The number of carbonyl (C=O) groups is 2. The van der Waals surface area contributed by atoms with Gasteiger partial charge in [-0.1, -0.05) is 40.2 Å². The Hall–Kier alpha value is -5.07. The average molecular weight is 737 g/mol. The third-order valence-corrected chi connectivity index (χ3v) is 10.3. The third-order valence-electron chi connectivity index (χ3n) is 9.45. The van der Waals surface area contributed by atoms with Crippen LogP contribution in [-0.2, 0) is 24.4 Å². The number of hydrogen-bond donors (Lipinski definition) is 1. The van der Waals surface area contributed by atoms with E-state index in [0.29, 0.717) is 23.6 Å². The van der Waals surface area contributed by atoms with Crippen molar-refractivity contribution in [1.82, 2.24) is 29.3 Å². The number of nitrogens with zero attached hydrogens (tertiary/aromatic N) is 6. The van der Waals surface area contributed by atoms with Crippen LogP contribution in [0.1, 0.15) is 51.5 Å². The maximum absolute atomic E-state index is 14.4. The number of benzene rings is 3. The normalized spacial score (nSPS) is 17.4. The van der Waals surface area contributed by atoms with E-state index in [0.717, 1.165) is 45.6 Å². The molecule has 50 heavy (non-hydrogen) atoms. The second kappa shape index (κ2) is 14.0. The van der Waals surface area contributed by atoms with E-state index < -0.39 is 5.91 Å². The SMILES string of the molecule is Cc1cc(C(=O)N2Cc3c(C(=O)NCc4ccccc4-c4ccncn4)n(-c4ccc(N5CCOC(C)C5)cc4)c(=O)n3C[C@@H]2C)ccc1Br. The number of carbonyl (C=O) groups excluding carboxylic acids is 2. The minimum atomic E-state index is -0.416. The first-order valence-corrected chi connectivity index (χ1v) is 17.5. The number of aromatic nitrogens is 4. The van der Waals surface area contributed by atoms with Gasteiger partial charge in [0.05, 0.1) is 36.3 Å². The maximum atomic E-state index is 14.4. The zero-order valence-electron chi connectivity index (χ0n) is 28.2. The zero-order chi connectivity index (χ0) is 34.9. The number of rotatable bonds is 7. The van der Waals surface area contributed by atoms with Crippen molar-refractivity contribution < 1.29 is 14.3 Å². The summed E-state index contributed by atoms with van der Waals surface area (Å²) in [5.74, 6) is -0.574. The quantitative estimate of drug-likeness (QED) is 0.239. The first kappa shape index (κ1) is 33.4. The molecule has 2 aliphatic rings. The largest absolute Gasteiger partial charge is 0.375 e. The first-order valence-electron chi connectivity index (χ1n) is 16.7. The van der Waals surface area contributed by atoms with E-state index in [1.165, 1.54) is 10.9 Å². The number of fused-ring (bicyclic) bond motifs is 1. The molecule has 11 nitrogen and oxygen atoms in total. The van der Waals surface area contributed by atoms with Crippen molar-refractivity contribution in [2.24, 2.45) is 0 Å². The summed E-state index contributed by atoms with van der Waals surface area (Å²) in [5, 5.41) is 3.08. The standard InChI is InChI=1S/C38H38BrN7O4/c1-24-18-27(8-13-32(24)39)37(48)44-22-34-35(36(47)41-19-28-6-4-5-7-31(28)33-14-15-40-23-42-33)46(38(49)45(34)20-25(44)2)30-11-9-29(10-12-30)43-16-17-50-26(3)21-43/h4-15,18,23,25-26H,16-17,19-22H2,1-3H3,(H,41,47)/t25-,26?/m0/s1. The van der Waals surface area contributed by atoms with Crippen LogP contribution in [0.5, 0.6) is 0 Å². The summed E-state index contributed by atoms with van der Waals surface area (Å²) in [6, 6.07) is 22.5. The molecule has 2 atom stereocenters. The summed E-state index contributed by atoms with van der Waals surface area (Å²) in [7, 11) is 0. The van der Waals surface area contributed by atoms with Crippen molar-refractivity contribution in [3.63, 3.8) is 0 Å². The molecule has 1 saturated heterocycles. The van der Waals surface area contributed by atoms with Crippen molar-refractivity contribution in [2.75, 3.05) is 24.6 Å². The number of halogens is 1. The van der Waals surface area contributed by atoms with Gasteiger partial charge < -0.3 is 19.9 Å². The summed E-state index contributed by atoms with van der Waals surface area (Å²) < 4.78 is 9.76. The Morgan fingerprint density at radius 3 is 2.52 bits per heavy atom. The molecule has 4 heterocycles. The summed E-state index contributed by atoms with van der Waals surface area (Å²) in [4.78, 5) is 55.0. The van der Waals surface area contributed by atoms with Crippen LogP contribution >= 0.6 is 15.9 Å². The van der Waals surface area contributed by atoms with Crippen LogP contribution in [-0.4, -0.2) is 67.7 Å². The molecule has 5 aromatic rings. The van der Waals surface area contributed by atoms with Gasteiger partial charge in [0.1, 0.15) is 12.0 Å². The number of imidazole rings is 1. The number of ether oxygens (including phenoxy) is 1. The van der Waals surface area contributed by atoms with E-state index in [2.05, 4.69) is 43.0 Å². The fraction of sp³-hybridized carbons (Fsp3) is 0.289. The average Bonchev–Trinajstić information content (AvgIpc) is 3.42. The molecule has 2 aromatic heterocycles. The van der Waals surface area contributed by atoms with E-state index in [1.54, 1.807) is 21.7 Å². The monoisotopic (exact) mass is 735 g/mol. The highest BCUT2D eigenvalue weighted by atomic mass is 79.9. The van der Waals surface area contributed by atoms with Gasteiger partial charge in [-0.25, -0.2) is 14.8 Å². The fourth-order valence-electron chi connectivity index (χ4n) is 6.80. The number of anilines is 1. The lowest BCUT2D eigenvalue weighted by Gasteiger charge is -2.34. The Morgan fingerprint density at radius 1 is 1.00 bits per heavy atom. The molecule has 1 fully saturated rings. The van der Waals surface area contributed by atoms with Gasteiger partial charge in [-0.3, -0.25) is 18.7 Å². The predicted molar refractivity (Wildman–Crippen MR) is 195 cm³/mol. The second-order valence-electron chi connectivity index (χ2n) is 12.8. The van der Waals surface area contributed by atoms with Gasteiger partial charge in [-0.15, -0.1) is 0 Å². The number of amides is 2. The Morgan fingerprint density at radius 2 is 1.78 bits per heavy atom. The Balaban J connectivity index is 1.26. The van der Waals surface area contributed by atoms with E-state index in [-0.39, 0.29) is 49.1 Å². The Bertz CT molecular complexity index is 2110. The molecular formula is C38H38BrN7O4. The molecular weight excluding hydrogens is 698 g/mol. The van der Waals surface area contributed by atoms with E-state index >= 15 is 0 Å². The number of nitrogens with one attached hydrogen (secondary N) is 1. The Kier molecular flexibility index (Phi) is 9.39. The molecule has 0 radical (unpaired) electrons. The van der Waals surface area contributed by atoms with Gasteiger partial charge in [-0.2, -0.15) is 0 Å². The van der Waals surface area contributed by atoms with Crippen molar-refractivity contribution >= 4 is 33.4 Å². The van der Waals surface area contributed by atoms with Crippen LogP contribution in [0.3, 0.4) is 0 Å². The molecule has 1 unspecified atom stereocenters. The number of morpholine rings is 1. The highest BCUT2D eigenvalue weighted by molar-refractivity contribution is 9.10. The Labute approximate surface area is 298 Å². The van der Waals surface area contributed by atoms with Crippen LogP contribution in [0.15, 0.2) is 94.6 Å². The molecule has 2 aliphatic heterocycles. The summed E-state index contributed by atoms with van der Waals surface area (Å²) >= 11 is 3.52. The lowest BCUT2D eigenvalue weighted by atomic mass is 10.0. The number of hydrogen-bond acceptors (Lipinski definition) is 7. The van der Waals surface area contributed by atoms with E-state index in [4.69, 9.17) is 4.74 Å². The van der Waals surface area contributed by atoms with Crippen LogP contribution in [0.25, 0.3) is 16.9 Å². The maximum Gasteiger partial charge on any atom is 0.333 e. The van der Waals surface area contributed by atoms with Crippen LogP contribution in [0.2, 0.25) is 0 Å². The van der Waals surface area contributed by atoms with Gasteiger partial charge in [-0.05, 0) is 80.4 Å². The van der Waals surface area contributed by atoms with Crippen molar-refractivity contribution in [3.05, 3.63) is 128 Å². The highest BCUT2D eigenvalue weighted by Crippen LogP contribution is 2.28. The fourth-order valence-corrected chi connectivity index (χ4v) is 7.05. The summed E-state index contributed by atoms with van der Waals surface area (Å²) in [6.07, 6.45) is 3.29. The van der Waals surface area contributed by atoms with Crippen molar-refractivity contribution in [3.8, 4) is 16.9 Å². The predicted octanol–water partition coefficient (Wildman–Crippen LogP) is 5.37. The minimum Gasteiger partial charge on any atom is -0.375 e. The van der Waals surface area contributed by atoms with Crippen molar-refractivity contribution in [2.45, 2.75) is 52.6 Å². The molecule has 0 aliphatic carbocycles. The van der Waals surface area contributed by atoms with E-state index in [1.807, 2.05) is 80.6 Å². The molecule has 7 rings (SSSR count). The van der Waals surface area contributed by atoms with Crippen LogP contribution in [0, 0.1) is 6.92 Å². The number of aryl methyl sites for hydroxylation is 1. The molecule has 256 valence electrons. The smallest absolute Gasteiger partial charge is 0.333 e. The lowest BCUT2D eigenvalue weighted by molar-refractivity contribution is 0.0532. The van der Waals surface area contributed by atoms with Gasteiger partial charge >= 0.3 is 5.69 Å². The molecule has 0 bridgehead atoms. The van der Waals surface area contributed by atoms with Gasteiger partial charge in [0, 0.05) is 59.7 Å². The molecule has 12 heteroatoms. The van der Waals surface area contributed by atoms with Crippen molar-refractivity contribution in [1.29, 1.82) is 0 Å². The molecule has 2 amide bonds. The third kappa shape index (κ3) is 6.48. The minimum absolute atomic E-state index is 0.0986. The molecule has 1 N–H and O–H groups in total. The topological polar surface area (TPSA) is 115 Å². The van der Waals surface area contributed by atoms with Gasteiger partial charge in [0.25, 0.3) is 11.8 Å². The summed E-state index contributed by atoms with van der Waals surface area (Å²) in [6.45, 7) is 8.65. The highest BCUT2D eigenvalue weighted by Gasteiger charge is 2.35. The summed E-state index contributed by atoms with van der Waals surface area (Å²) in [5.41, 5.74) is 5.93.